The molecule has 0 spiro atoms. The first-order valence-electron chi connectivity index (χ1n) is 10.5. The summed E-state index contributed by atoms with van der Waals surface area (Å²) < 4.78 is 4.49. The van der Waals surface area contributed by atoms with Gasteiger partial charge in [-0.1, -0.05) is 47.8 Å². The van der Waals surface area contributed by atoms with Crippen molar-refractivity contribution >= 4 is 46.7 Å². The van der Waals surface area contributed by atoms with E-state index < -0.39 is 0 Å². The Morgan fingerprint density at radius 3 is 2.24 bits per heavy atom. The minimum absolute atomic E-state index is 0.0109. The molecule has 2 aromatic rings. The minimum Gasteiger partial charge on any atom is -0.465 e. The highest BCUT2D eigenvalue weighted by Crippen LogP contribution is 2.18. The number of rotatable bonds is 4. The number of methoxy groups -OCH3 is 1. The van der Waals surface area contributed by atoms with Crippen molar-refractivity contribution in [1.29, 1.82) is 0 Å². The maximum Gasteiger partial charge on any atom is 0.337 e. The lowest BCUT2D eigenvalue weighted by Gasteiger charge is -2.21. The fourth-order valence-corrected chi connectivity index (χ4v) is 2.88. The van der Waals surface area contributed by atoms with Crippen LogP contribution in [0.15, 0.2) is 60.7 Å². The summed E-state index contributed by atoms with van der Waals surface area (Å²) >= 11 is 11.5. The Hall–Kier alpha value is -2.83. The van der Waals surface area contributed by atoms with E-state index in [4.69, 9.17) is 23.2 Å². The van der Waals surface area contributed by atoms with E-state index in [1.807, 2.05) is 6.92 Å². The van der Waals surface area contributed by atoms with Crippen molar-refractivity contribution < 1.29 is 19.1 Å². The number of piperidine rings is 1. The van der Waals surface area contributed by atoms with Crippen molar-refractivity contribution in [2.75, 3.05) is 19.0 Å². The molecule has 2 aromatic carbocycles. The normalized spacial score (nSPS) is 14.3. The molecule has 0 radical (unpaired) electrons. The van der Waals surface area contributed by atoms with Gasteiger partial charge >= 0.3 is 5.97 Å². The van der Waals surface area contributed by atoms with Crippen LogP contribution in [0.4, 0.5) is 5.69 Å². The van der Waals surface area contributed by atoms with Gasteiger partial charge in [0.05, 0.1) is 18.6 Å². The molecular weight excluding hydrogens is 463 g/mol. The maximum atomic E-state index is 11.9. The molecule has 1 aliphatic rings. The van der Waals surface area contributed by atoms with Gasteiger partial charge in [-0.25, -0.2) is 4.79 Å². The SMILES string of the molecule is C=C(C)CC.COC(=O)c1cccc(Cl)c1.O=C1CCC(C(=O)Nc2cccc(Cl)c2)CN1. The largest absolute Gasteiger partial charge is 0.465 e. The number of anilines is 1. The average molecular weight is 493 g/mol. The summed E-state index contributed by atoms with van der Waals surface area (Å²) in [6.07, 6.45) is 2.12. The van der Waals surface area contributed by atoms with Gasteiger partial charge in [-0.3, -0.25) is 9.59 Å². The lowest BCUT2D eigenvalue weighted by atomic mass is 9.98. The van der Waals surface area contributed by atoms with Gasteiger partial charge in [0.1, 0.15) is 0 Å². The first-order valence-corrected chi connectivity index (χ1v) is 11.2. The monoisotopic (exact) mass is 492 g/mol. The van der Waals surface area contributed by atoms with Crippen LogP contribution < -0.4 is 10.6 Å². The summed E-state index contributed by atoms with van der Waals surface area (Å²) in [4.78, 5) is 33.7. The molecule has 1 fully saturated rings. The summed E-state index contributed by atoms with van der Waals surface area (Å²) in [5.41, 5.74) is 2.41. The van der Waals surface area contributed by atoms with E-state index in [1.54, 1.807) is 48.5 Å². The number of benzene rings is 2. The van der Waals surface area contributed by atoms with Gasteiger partial charge in [0.15, 0.2) is 0 Å². The van der Waals surface area contributed by atoms with Crippen LogP contribution in [0.25, 0.3) is 0 Å². The molecule has 0 bridgehead atoms. The summed E-state index contributed by atoms with van der Waals surface area (Å²) in [5, 5.41) is 6.60. The Kier molecular flexibility index (Phi) is 12.9. The predicted octanol–water partition coefficient (Wildman–Crippen LogP) is 5.90. The Balaban J connectivity index is 0.000000292. The van der Waals surface area contributed by atoms with E-state index in [9.17, 15) is 14.4 Å². The lowest BCUT2D eigenvalue weighted by molar-refractivity contribution is -0.126. The molecule has 2 N–H and O–H groups in total. The third-order valence-corrected chi connectivity index (χ3v) is 5.05. The molecule has 3 rings (SSSR count). The molecule has 1 atom stereocenters. The number of halogens is 2. The van der Waals surface area contributed by atoms with Crippen LogP contribution in [0.2, 0.25) is 10.0 Å². The van der Waals surface area contributed by atoms with Crippen molar-refractivity contribution in [3.05, 3.63) is 76.3 Å². The number of hydrogen-bond donors (Lipinski definition) is 2. The predicted molar refractivity (Wildman–Crippen MR) is 134 cm³/mol. The van der Waals surface area contributed by atoms with Crippen molar-refractivity contribution in [2.45, 2.75) is 33.1 Å². The van der Waals surface area contributed by atoms with E-state index in [0.29, 0.717) is 40.7 Å². The summed E-state index contributed by atoms with van der Waals surface area (Å²) in [5.74, 6) is -0.594. The number of hydrogen-bond acceptors (Lipinski definition) is 4. The highest BCUT2D eigenvalue weighted by molar-refractivity contribution is 6.31. The molecule has 33 heavy (non-hydrogen) atoms. The number of carbonyl (C=O) groups is 3. The molecule has 1 heterocycles. The highest BCUT2D eigenvalue weighted by atomic mass is 35.5. The maximum absolute atomic E-state index is 11.9. The third kappa shape index (κ3) is 11.6. The smallest absolute Gasteiger partial charge is 0.337 e. The quantitative estimate of drug-likeness (QED) is 0.410. The zero-order chi connectivity index (χ0) is 24.8. The van der Waals surface area contributed by atoms with Crippen LogP contribution in [0.5, 0.6) is 0 Å². The molecule has 0 saturated carbocycles. The number of carbonyl (C=O) groups excluding carboxylic acids is 3. The van der Waals surface area contributed by atoms with E-state index in [-0.39, 0.29) is 23.7 Å². The van der Waals surface area contributed by atoms with Crippen LogP contribution in [0, 0.1) is 5.92 Å². The van der Waals surface area contributed by atoms with Crippen LogP contribution in [-0.2, 0) is 14.3 Å². The van der Waals surface area contributed by atoms with Crippen LogP contribution in [0.1, 0.15) is 43.5 Å². The van der Waals surface area contributed by atoms with E-state index in [0.717, 1.165) is 6.42 Å². The molecule has 6 nitrogen and oxygen atoms in total. The van der Waals surface area contributed by atoms with Crippen molar-refractivity contribution in [3.8, 4) is 0 Å². The average Bonchev–Trinajstić information content (AvgIpc) is 2.79. The van der Waals surface area contributed by atoms with E-state index in [1.165, 1.54) is 12.7 Å². The zero-order valence-electron chi connectivity index (χ0n) is 19.1. The second-order valence-electron chi connectivity index (χ2n) is 7.35. The first kappa shape index (κ1) is 28.2. The summed E-state index contributed by atoms with van der Waals surface area (Å²) in [6.45, 7) is 8.21. The molecule has 1 saturated heterocycles. The first-order chi connectivity index (χ1) is 15.7. The van der Waals surface area contributed by atoms with Gasteiger partial charge in [0.2, 0.25) is 11.8 Å². The van der Waals surface area contributed by atoms with Gasteiger partial charge in [-0.05, 0) is 56.2 Å². The number of ether oxygens (including phenoxy) is 1. The van der Waals surface area contributed by atoms with Crippen molar-refractivity contribution in [1.82, 2.24) is 5.32 Å². The summed E-state index contributed by atoms with van der Waals surface area (Å²) in [7, 11) is 1.34. The standard InChI is InChI=1S/C12H13ClN2O2.C8H7ClO2.C5H10/c13-9-2-1-3-10(6-9)15-12(17)8-4-5-11(16)14-7-8;1-11-8(10)6-3-2-4-7(9)5-6;1-4-5(2)3/h1-3,6,8H,4-5,7H2,(H,14,16)(H,15,17);2-5H,1H3;2,4H2,1,3H3. The molecular formula is C25H30Cl2N2O4. The van der Waals surface area contributed by atoms with E-state index in [2.05, 4.69) is 28.9 Å². The zero-order valence-corrected chi connectivity index (χ0v) is 20.6. The lowest BCUT2D eigenvalue weighted by Crippen LogP contribution is -2.40. The Labute approximate surface area is 205 Å². The topological polar surface area (TPSA) is 84.5 Å². The van der Waals surface area contributed by atoms with Gasteiger partial charge in [0.25, 0.3) is 0 Å². The highest BCUT2D eigenvalue weighted by Gasteiger charge is 2.24. The van der Waals surface area contributed by atoms with E-state index >= 15 is 0 Å². The van der Waals surface area contributed by atoms with Crippen LogP contribution >= 0.6 is 23.2 Å². The Morgan fingerprint density at radius 1 is 1.15 bits per heavy atom. The molecule has 178 valence electrons. The fourth-order valence-electron chi connectivity index (χ4n) is 2.50. The molecule has 1 aliphatic heterocycles. The van der Waals surface area contributed by atoms with Gasteiger partial charge < -0.3 is 15.4 Å². The van der Waals surface area contributed by atoms with Crippen LogP contribution in [0.3, 0.4) is 0 Å². The van der Waals surface area contributed by atoms with Crippen molar-refractivity contribution in [3.63, 3.8) is 0 Å². The number of amides is 2. The molecule has 0 aromatic heterocycles. The van der Waals surface area contributed by atoms with Crippen molar-refractivity contribution in [2.24, 2.45) is 5.92 Å². The minimum atomic E-state index is -0.368. The second-order valence-corrected chi connectivity index (χ2v) is 8.22. The van der Waals surface area contributed by atoms with Gasteiger partial charge in [0, 0.05) is 28.7 Å². The fraction of sp³-hybridized carbons (Fsp3) is 0.320. The number of nitrogens with one attached hydrogen (secondary N) is 2. The summed E-state index contributed by atoms with van der Waals surface area (Å²) in [6, 6.07) is 13.6. The number of esters is 1. The molecule has 8 heteroatoms. The van der Waals surface area contributed by atoms with Gasteiger partial charge in [-0.15, -0.1) is 6.58 Å². The van der Waals surface area contributed by atoms with Gasteiger partial charge in [-0.2, -0.15) is 0 Å². The van der Waals surface area contributed by atoms with Crippen LogP contribution in [-0.4, -0.2) is 31.4 Å². The third-order valence-electron chi connectivity index (χ3n) is 4.58. The molecule has 1 unspecified atom stereocenters. The second kappa shape index (κ2) is 15.1. The molecule has 0 aliphatic carbocycles. The Bertz CT molecular complexity index is 953. The molecule has 2 amide bonds. The Morgan fingerprint density at radius 2 is 1.76 bits per heavy atom. The number of allylic oxidation sites excluding steroid dienone is 1.